The van der Waals surface area contributed by atoms with E-state index in [2.05, 4.69) is 5.32 Å². The van der Waals surface area contributed by atoms with Crippen LogP contribution < -0.4 is 10.1 Å². The van der Waals surface area contributed by atoms with E-state index < -0.39 is 0 Å². The fourth-order valence-electron chi connectivity index (χ4n) is 1.81. The first-order chi connectivity index (χ1) is 9.77. The molecule has 2 rings (SSSR count). The molecule has 1 N–H and O–H groups in total. The Hall–Kier alpha value is -1.58. The van der Waals surface area contributed by atoms with Crippen LogP contribution in [0.2, 0.25) is 5.02 Å². The van der Waals surface area contributed by atoms with E-state index in [0.29, 0.717) is 18.7 Å². The summed E-state index contributed by atoms with van der Waals surface area (Å²) in [5.41, 5.74) is 0.585. The number of hydrogen-bond acceptors (Lipinski definition) is 2. The molecule has 0 unspecified atom stereocenters. The Morgan fingerprint density at radius 3 is 2.65 bits per heavy atom. The van der Waals surface area contributed by atoms with Crippen LogP contribution in [0.3, 0.4) is 0 Å². The molecule has 2 aromatic rings. The van der Waals surface area contributed by atoms with E-state index in [4.69, 9.17) is 16.3 Å². The highest BCUT2D eigenvalue weighted by molar-refractivity contribution is 6.30. The van der Waals surface area contributed by atoms with Crippen LogP contribution in [0.1, 0.15) is 12.0 Å². The van der Waals surface area contributed by atoms with E-state index in [0.717, 1.165) is 18.7 Å². The maximum atomic E-state index is 13.6. The molecule has 2 nitrogen and oxygen atoms in total. The molecule has 0 saturated heterocycles. The summed E-state index contributed by atoms with van der Waals surface area (Å²) in [4.78, 5) is 0. The van der Waals surface area contributed by atoms with E-state index >= 15 is 0 Å². The van der Waals surface area contributed by atoms with Gasteiger partial charge in [0.25, 0.3) is 0 Å². The van der Waals surface area contributed by atoms with Crippen molar-refractivity contribution in [2.24, 2.45) is 0 Å². The molecule has 0 aromatic heterocycles. The van der Waals surface area contributed by atoms with E-state index in [1.807, 2.05) is 30.3 Å². The molecule has 0 atom stereocenters. The van der Waals surface area contributed by atoms with Crippen molar-refractivity contribution in [2.45, 2.75) is 13.0 Å². The van der Waals surface area contributed by atoms with Crippen molar-refractivity contribution in [1.82, 2.24) is 5.32 Å². The van der Waals surface area contributed by atoms with Crippen molar-refractivity contribution in [2.75, 3.05) is 13.2 Å². The number of rotatable bonds is 7. The standard InChI is InChI=1S/C16H17ClFNO/c17-15-9-4-6-13(16(15)18)12-19-10-5-11-20-14-7-2-1-3-8-14/h1-4,6-9,19H,5,10-12H2. The van der Waals surface area contributed by atoms with Gasteiger partial charge in [-0.2, -0.15) is 0 Å². The average molecular weight is 294 g/mol. The number of ether oxygens (including phenoxy) is 1. The molecule has 0 radical (unpaired) electrons. The molecule has 0 aliphatic heterocycles. The number of hydrogen-bond donors (Lipinski definition) is 1. The predicted octanol–water partition coefficient (Wildman–Crippen LogP) is 4.04. The first kappa shape index (κ1) is 14.8. The largest absolute Gasteiger partial charge is 0.494 e. The minimum atomic E-state index is -0.345. The summed E-state index contributed by atoms with van der Waals surface area (Å²) in [6.07, 6.45) is 0.858. The summed E-state index contributed by atoms with van der Waals surface area (Å²) in [7, 11) is 0. The third-order valence-electron chi connectivity index (χ3n) is 2.86. The highest BCUT2D eigenvalue weighted by Crippen LogP contribution is 2.17. The summed E-state index contributed by atoms with van der Waals surface area (Å²) >= 11 is 5.72. The van der Waals surface area contributed by atoms with Gasteiger partial charge in [-0.1, -0.05) is 41.9 Å². The highest BCUT2D eigenvalue weighted by atomic mass is 35.5. The van der Waals surface area contributed by atoms with Crippen LogP contribution in [0.5, 0.6) is 5.75 Å². The SMILES string of the molecule is Fc1c(Cl)cccc1CNCCCOc1ccccc1. The zero-order valence-corrected chi connectivity index (χ0v) is 11.9. The maximum Gasteiger partial charge on any atom is 0.146 e. The van der Waals surface area contributed by atoms with Gasteiger partial charge < -0.3 is 10.1 Å². The van der Waals surface area contributed by atoms with Crippen LogP contribution in [0.25, 0.3) is 0 Å². The first-order valence-electron chi connectivity index (χ1n) is 6.59. The van der Waals surface area contributed by atoms with Crippen molar-refractivity contribution in [3.63, 3.8) is 0 Å². The van der Waals surface area contributed by atoms with Crippen molar-refractivity contribution in [3.05, 3.63) is 64.9 Å². The molecule has 0 aliphatic carbocycles. The zero-order chi connectivity index (χ0) is 14.2. The molecular formula is C16H17ClFNO. The van der Waals surface area contributed by atoms with Gasteiger partial charge in [-0.15, -0.1) is 0 Å². The zero-order valence-electron chi connectivity index (χ0n) is 11.1. The minimum absolute atomic E-state index is 0.164. The third-order valence-corrected chi connectivity index (χ3v) is 3.15. The van der Waals surface area contributed by atoms with E-state index in [1.165, 1.54) is 0 Å². The molecule has 0 saturated carbocycles. The summed E-state index contributed by atoms with van der Waals surface area (Å²) in [6.45, 7) is 1.87. The van der Waals surface area contributed by atoms with Crippen LogP contribution in [0.4, 0.5) is 4.39 Å². The highest BCUT2D eigenvalue weighted by Gasteiger charge is 2.04. The lowest BCUT2D eigenvalue weighted by molar-refractivity contribution is 0.308. The summed E-state index contributed by atoms with van der Waals surface area (Å²) in [5.74, 6) is 0.524. The Kier molecular flexibility index (Phi) is 5.84. The Morgan fingerprint density at radius 2 is 1.85 bits per heavy atom. The van der Waals surface area contributed by atoms with Gasteiger partial charge in [-0.05, 0) is 31.2 Å². The Balaban J connectivity index is 1.63. The van der Waals surface area contributed by atoms with Gasteiger partial charge in [0, 0.05) is 12.1 Å². The van der Waals surface area contributed by atoms with Crippen molar-refractivity contribution in [1.29, 1.82) is 0 Å². The fraction of sp³-hybridized carbons (Fsp3) is 0.250. The molecule has 0 spiro atoms. The Bertz CT molecular complexity index is 533. The minimum Gasteiger partial charge on any atom is -0.494 e. The maximum absolute atomic E-state index is 13.6. The predicted molar refractivity (Wildman–Crippen MR) is 79.7 cm³/mol. The molecule has 4 heteroatoms. The molecule has 0 amide bonds. The van der Waals surface area contributed by atoms with Crippen LogP contribution in [-0.2, 0) is 6.54 Å². The topological polar surface area (TPSA) is 21.3 Å². The van der Waals surface area contributed by atoms with Crippen molar-refractivity contribution >= 4 is 11.6 Å². The van der Waals surface area contributed by atoms with Crippen LogP contribution in [0.15, 0.2) is 48.5 Å². The summed E-state index contributed by atoms with van der Waals surface area (Å²) in [6, 6.07) is 14.7. The van der Waals surface area contributed by atoms with Crippen LogP contribution in [0, 0.1) is 5.82 Å². The summed E-state index contributed by atoms with van der Waals surface area (Å²) in [5, 5.41) is 3.34. The number of benzene rings is 2. The van der Waals surface area contributed by atoms with Gasteiger partial charge in [-0.25, -0.2) is 4.39 Å². The second kappa shape index (κ2) is 7.88. The van der Waals surface area contributed by atoms with Crippen LogP contribution >= 0.6 is 11.6 Å². The van der Waals surface area contributed by atoms with Gasteiger partial charge in [0.05, 0.1) is 11.6 Å². The average Bonchev–Trinajstić information content (AvgIpc) is 2.48. The fourth-order valence-corrected chi connectivity index (χ4v) is 2.01. The lowest BCUT2D eigenvalue weighted by atomic mass is 10.2. The number of halogens is 2. The van der Waals surface area contributed by atoms with Crippen molar-refractivity contribution in [3.8, 4) is 5.75 Å². The first-order valence-corrected chi connectivity index (χ1v) is 6.96. The number of nitrogens with one attached hydrogen (secondary N) is 1. The second-order valence-electron chi connectivity index (χ2n) is 4.40. The van der Waals surface area contributed by atoms with Crippen molar-refractivity contribution < 1.29 is 9.13 Å². The van der Waals surface area contributed by atoms with Gasteiger partial charge in [0.2, 0.25) is 0 Å². The van der Waals surface area contributed by atoms with Gasteiger partial charge in [0.1, 0.15) is 11.6 Å². The second-order valence-corrected chi connectivity index (χ2v) is 4.81. The van der Waals surface area contributed by atoms with Gasteiger partial charge >= 0.3 is 0 Å². The Morgan fingerprint density at radius 1 is 1.05 bits per heavy atom. The van der Waals surface area contributed by atoms with Gasteiger partial charge in [0.15, 0.2) is 0 Å². The normalized spacial score (nSPS) is 10.5. The van der Waals surface area contributed by atoms with Gasteiger partial charge in [-0.3, -0.25) is 0 Å². The molecule has 20 heavy (non-hydrogen) atoms. The van der Waals surface area contributed by atoms with E-state index in [9.17, 15) is 4.39 Å². The monoisotopic (exact) mass is 293 g/mol. The molecular weight excluding hydrogens is 277 g/mol. The molecule has 0 bridgehead atoms. The third kappa shape index (κ3) is 4.51. The van der Waals surface area contributed by atoms with Crippen LogP contribution in [-0.4, -0.2) is 13.2 Å². The van der Waals surface area contributed by atoms with E-state index in [-0.39, 0.29) is 10.8 Å². The smallest absolute Gasteiger partial charge is 0.146 e. The number of para-hydroxylation sites is 1. The molecule has 0 fully saturated rings. The molecule has 0 aliphatic rings. The lowest BCUT2D eigenvalue weighted by Crippen LogP contribution is -2.17. The Labute approximate surface area is 123 Å². The molecule has 106 valence electrons. The molecule has 0 heterocycles. The lowest BCUT2D eigenvalue weighted by Gasteiger charge is -2.08. The quantitative estimate of drug-likeness (QED) is 0.778. The molecule has 2 aromatic carbocycles. The van der Waals surface area contributed by atoms with E-state index in [1.54, 1.807) is 18.2 Å². The summed E-state index contributed by atoms with van der Waals surface area (Å²) < 4.78 is 19.2.